The van der Waals surface area contributed by atoms with E-state index in [4.69, 9.17) is 16.3 Å². The third kappa shape index (κ3) is 3.27. The van der Waals surface area contributed by atoms with Crippen LogP contribution in [-0.2, 0) is 14.3 Å². The third-order valence-corrected chi connectivity index (χ3v) is 4.53. The van der Waals surface area contributed by atoms with Gasteiger partial charge in [-0.3, -0.25) is 9.59 Å². The standard InChI is InChI=1S/C15H19ClO3/c1-11(17)19-8-5-12-9-15(10-14(12,2)16)6-3-13(18)4-7-15/h3-4,6-7,12H,5,8-10H2,1-2H3/t12-,14+/m1/s1. The molecule has 0 aromatic rings. The van der Waals surface area contributed by atoms with E-state index in [-0.39, 0.29) is 28.0 Å². The Morgan fingerprint density at radius 1 is 1.47 bits per heavy atom. The summed E-state index contributed by atoms with van der Waals surface area (Å²) < 4.78 is 5.00. The molecule has 2 aliphatic rings. The lowest BCUT2D eigenvalue weighted by Crippen LogP contribution is -2.24. The molecule has 2 aliphatic carbocycles. The monoisotopic (exact) mass is 282 g/mol. The molecule has 0 heterocycles. The molecule has 1 fully saturated rings. The van der Waals surface area contributed by atoms with Crippen molar-refractivity contribution in [1.82, 2.24) is 0 Å². The van der Waals surface area contributed by atoms with Crippen molar-refractivity contribution in [3.05, 3.63) is 24.3 Å². The summed E-state index contributed by atoms with van der Waals surface area (Å²) in [7, 11) is 0. The van der Waals surface area contributed by atoms with Gasteiger partial charge in [-0.15, -0.1) is 11.6 Å². The second kappa shape index (κ2) is 5.12. The molecule has 0 aromatic heterocycles. The van der Waals surface area contributed by atoms with Crippen LogP contribution in [0.15, 0.2) is 24.3 Å². The van der Waals surface area contributed by atoms with Gasteiger partial charge >= 0.3 is 5.97 Å². The molecule has 0 radical (unpaired) electrons. The maximum atomic E-state index is 11.2. The minimum atomic E-state index is -0.324. The van der Waals surface area contributed by atoms with Gasteiger partial charge in [0.25, 0.3) is 0 Å². The maximum Gasteiger partial charge on any atom is 0.302 e. The Morgan fingerprint density at radius 3 is 2.68 bits per heavy atom. The molecule has 104 valence electrons. The van der Waals surface area contributed by atoms with Gasteiger partial charge in [-0.1, -0.05) is 12.2 Å². The number of ether oxygens (including phenoxy) is 1. The lowest BCUT2D eigenvalue weighted by molar-refractivity contribution is -0.141. The number of carbonyl (C=O) groups is 2. The van der Waals surface area contributed by atoms with Crippen molar-refractivity contribution < 1.29 is 14.3 Å². The minimum absolute atomic E-state index is 0.0327. The Bertz CT molecular complexity index is 432. The van der Waals surface area contributed by atoms with E-state index in [9.17, 15) is 9.59 Å². The molecule has 0 N–H and O–H groups in total. The van der Waals surface area contributed by atoms with Crippen LogP contribution in [0.1, 0.15) is 33.1 Å². The summed E-state index contributed by atoms with van der Waals surface area (Å²) >= 11 is 6.62. The highest BCUT2D eigenvalue weighted by Gasteiger charge is 2.49. The van der Waals surface area contributed by atoms with E-state index in [0.29, 0.717) is 6.61 Å². The maximum absolute atomic E-state index is 11.2. The van der Waals surface area contributed by atoms with Crippen molar-refractivity contribution in [3.8, 4) is 0 Å². The first-order valence-electron chi connectivity index (χ1n) is 6.58. The van der Waals surface area contributed by atoms with Gasteiger partial charge in [0.2, 0.25) is 0 Å². The Kier molecular flexibility index (Phi) is 3.86. The Morgan fingerprint density at radius 2 is 2.11 bits per heavy atom. The number of esters is 1. The first-order chi connectivity index (χ1) is 8.83. The van der Waals surface area contributed by atoms with Crippen LogP contribution in [0.25, 0.3) is 0 Å². The summed E-state index contributed by atoms with van der Waals surface area (Å²) in [5.74, 6) is 0.0494. The molecule has 2 atom stereocenters. The average molecular weight is 283 g/mol. The highest BCUT2D eigenvalue weighted by Crippen LogP contribution is 2.54. The molecule has 2 rings (SSSR count). The van der Waals surface area contributed by atoms with Crippen LogP contribution in [-0.4, -0.2) is 23.2 Å². The summed E-state index contributed by atoms with van der Waals surface area (Å²) in [5, 5.41) is 0. The second-order valence-corrected chi connectivity index (χ2v) is 6.65. The van der Waals surface area contributed by atoms with E-state index >= 15 is 0 Å². The topological polar surface area (TPSA) is 43.4 Å². The molecule has 1 spiro atoms. The summed E-state index contributed by atoms with van der Waals surface area (Å²) in [6.45, 7) is 3.85. The predicted octanol–water partition coefficient (Wildman–Crippen LogP) is 3.03. The van der Waals surface area contributed by atoms with Crippen molar-refractivity contribution >= 4 is 23.4 Å². The third-order valence-electron chi connectivity index (χ3n) is 4.08. The van der Waals surface area contributed by atoms with E-state index in [0.717, 1.165) is 19.3 Å². The summed E-state index contributed by atoms with van der Waals surface area (Å²) in [6.07, 6.45) is 9.67. The molecule has 0 aromatic carbocycles. The molecule has 0 amide bonds. The van der Waals surface area contributed by atoms with Gasteiger partial charge in [0.1, 0.15) is 0 Å². The fourth-order valence-electron chi connectivity index (χ4n) is 3.14. The molecule has 0 bridgehead atoms. The Hall–Kier alpha value is -1.09. The fourth-order valence-corrected chi connectivity index (χ4v) is 3.58. The molecule has 0 unspecified atom stereocenters. The van der Waals surface area contributed by atoms with E-state index in [1.807, 2.05) is 19.1 Å². The number of halogens is 1. The van der Waals surface area contributed by atoms with Crippen molar-refractivity contribution in [1.29, 1.82) is 0 Å². The molecular formula is C15H19ClO3. The molecule has 1 saturated carbocycles. The quantitative estimate of drug-likeness (QED) is 0.590. The molecule has 0 saturated heterocycles. The second-order valence-electron chi connectivity index (χ2n) is 5.79. The van der Waals surface area contributed by atoms with Crippen LogP contribution in [0.4, 0.5) is 0 Å². The zero-order valence-corrected chi connectivity index (χ0v) is 12.1. The van der Waals surface area contributed by atoms with Crippen molar-refractivity contribution in [3.63, 3.8) is 0 Å². The van der Waals surface area contributed by atoms with Gasteiger partial charge in [0.15, 0.2) is 5.78 Å². The van der Waals surface area contributed by atoms with Crippen LogP contribution < -0.4 is 0 Å². The summed E-state index contributed by atoms with van der Waals surface area (Å²) in [5.41, 5.74) is -0.106. The van der Waals surface area contributed by atoms with Crippen LogP contribution in [0.2, 0.25) is 0 Å². The van der Waals surface area contributed by atoms with Gasteiger partial charge in [-0.25, -0.2) is 0 Å². The Balaban J connectivity index is 2.02. The van der Waals surface area contributed by atoms with E-state index < -0.39 is 0 Å². The number of hydrogen-bond donors (Lipinski definition) is 0. The average Bonchev–Trinajstić information content (AvgIpc) is 2.55. The number of hydrogen-bond acceptors (Lipinski definition) is 3. The van der Waals surface area contributed by atoms with E-state index in [1.165, 1.54) is 6.92 Å². The number of ketones is 1. The predicted molar refractivity (Wildman–Crippen MR) is 74.0 cm³/mol. The van der Waals surface area contributed by atoms with E-state index in [1.54, 1.807) is 12.2 Å². The lowest BCUT2D eigenvalue weighted by Gasteiger charge is -2.25. The largest absolute Gasteiger partial charge is 0.466 e. The molecule has 4 heteroatoms. The number of alkyl halides is 1. The molecule has 0 aliphatic heterocycles. The normalized spacial score (nSPS) is 31.9. The first kappa shape index (κ1) is 14.3. The van der Waals surface area contributed by atoms with E-state index in [2.05, 4.69) is 0 Å². The van der Waals surface area contributed by atoms with Gasteiger partial charge < -0.3 is 4.74 Å². The highest BCUT2D eigenvalue weighted by atomic mass is 35.5. The zero-order valence-electron chi connectivity index (χ0n) is 11.3. The van der Waals surface area contributed by atoms with Gasteiger partial charge in [-0.05, 0) is 44.3 Å². The van der Waals surface area contributed by atoms with Crippen molar-refractivity contribution in [2.45, 2.75) is 38.0 Å². The number of carbonyl (C=O) groups excluding carboxylic acids is 2. The smallest absolute Gasteiger partial charge is 0.302 e. The highest BCUT2D eigenvalue weighted by molar-refractivity contribution is 6.24. The van der Waals surface area contributed by atoms with Gasteiger partial charge in [0, 0.05) is 17.2 Å². The SMILES string of the molecule is CC(=O)OCC[C@@H]1CC2(C=CC(=O)C=C2)C[C@]1(C)Cl. The van der Waals surface area contributed by atoms with Crippen LogP contribution >= 0.6 is 11.6 Å². The zero-order chi connectivity index (χ0) is 14.1. The molecule has 19 heavy (non-hydrogen) atoms. The minimum Gasteiger partial charge on any atom is -0.466 e. The van der Waals surface area contributed by atoms with Crippen LogP contribution in [0, 0.1) is 11.3 Å². The van der Waals surface area contributed by atoms with Gasteiger partial charge in [-0.2, -0.15) is 0 Å². The van der Waals surface area contributed by atoms with Crippen LogP contribution in [0.5, 0.6) is 0 Å². The molecule has 3 nitrogen and oxygen atoms in total. The first-order valence-corrected chi connectivity index (χ1v) is 6.96. The Labute approximate surface area is 118 Å². The molecular weight excluding hydrogens is 264 g/mol. The van der Waals surface area contributed by atoms with Crippen molar-refractivity contribution in [2.75, 3.05) is 6.61 Å². The lowest BCUT2D eigenvalue weighted by atomic mass is 9.81. The van der Waals surface area contributed by atoms with Crippen LogP contribution in [0.3, 0.4) is 0 Å². The number of allylic oxidation sites excluding steroid dienone is 4. The number of rotatable bonds is 3. The fraction of sp³-hybridized carbons (Fsp3) is 0.600. The van der Waals surface area contributed by atoms with Crippen molar-refractivity contribution in [2.24, 2.45) is 11.3 Å². The summed E-state index contributed by atoms with van der Waals surface area (Å²) in [6, 6.07) is 0. The summed E-state index contributed by atoms with van der Waals surface area (Å²) in [4.78, 5) is 21.7. The van der Waals surface area contributed by atoms with Gasteiger partial charge in [0.05, 0.1) is 6.61 Å².